The van der Waals surface area contributed by atoms with Gasteiger partial charge in [0.05, 0.1) is 5.69 Å². The molecular formula is C18H16ClF3N6. The van der Waals surface area contributed by atoms with Gasteiger partial charge in [-0.2, -0.15) is 13.2 Å². The van der Waals surface area contributed by atoms with Gasteiger partial charge in [0.25, 0.3) is 0 Å². The van der Waals surface area contributed by atoms with Crippen LogP contribution in [0.15, 0.2) is 42.7 Å². The summed E-state index contributed by atoms with van der Waals surface area (Å²) in [5.74, 6) is 1.05. The van der Waals surface area contributed by atoms with E-state index in [1.165, 1.54) is 12.1 Å². The monoisotopic (exact) mass is 408 g/mol. The number of nitrogens with zero attached hydrogens (tertiary/aromatic N) is 4. The Morgan fingerprint density at radius 1 is 1.00 bits per heavy atom. The van der Waals surface area contributed by atoms with Crippen molar-refractivity contribution in [3.63, 3.8) is 0 Å². The highest BCUT2D eigenvalue weighted by Crippen LogP contribution is 2.28. The third kappa shape index (κ3) is 4.86. The standard InChI is InChI=1S/C18H16ClF3N6/c1-11-15(19)17(28-16(26-11)12-4-3-7-23-10-12)25-9-8-24-14-6-2-5-13(27-14)18(20,21)22/h2-7,10H,8-9H2,1H3,(H,24,27)(H,25,26,28). The molecule has 3 aromatic heterocycles. The molecule has 3 heterocycles. The van der Waals surface area contributed by atoms with Crippen LogP contribution in [0.5, 0.6) is 0 Å². The second kappa shape index (κ2) is 8.39. The smallest absolute Gasteiger partial charge is 0.368 e. The maximum Gasteiger partial charge on any atom is 0.433 e. The summed E-state index contributed by atoms with van der Waals surface area (Å²) in [4.78, 5) is 16.4. The SMILES string of the molecule is Cc1nc(-c2cccnc2)nc(NCCNc2cccc(C(F)(F)F)n2)c1Cl. The molecule has 0 aromatic carbocycles. The number of aromatic nitrogens is 4. The molecule has 0 radical (unpaired) electrons. The van der Waals surface area contributed by atoms with Gasteiger partial charge in [-0.1, -0.05) is 17.7 Å². The van der Waals surface area contributed by atoms with Crippen LogP contribution in [0, 0.1) is 6.92 Å². The number of rotatable bonds is 6. The lowest BCUT2D eigenvalue weighted by molar-refractivity contribution is -0.141. The van der Waals surface area contributed by atoms with Crippen LogP contribution < -0.4 is 10.6 Å². The lowest BCUT2D eigenvalue weighted by Crippen LogP contribution is -2.17. The highest BCUT2D eigenvalue weighted by molar-refractivity contribution is 6.33. The fraction of sp³-hybridized carbons (Fsp3) is 0.222. The van der Waals surface area contributed by atoms with Crippen molar-refractivity contribution in [1.82, 2.24) is 19.9 Å². The van der Waals surface area contributed by atoms with Gasteiger partial charge in [0, 0.05) is 31.0 Å². The summed E-state index contributed by atoms with van der Waals surface area (Å²) in [5.41, 5.74) is 0.406. The van der Waals surface area contributed by atoms with Crippen molar-refractivity contribution < 1.29 is 13.2 Å². The Morgan fingerprint density at radius 2 is 1.79 bits per heavy atom. The van der Waals surface area contributed by atoms with E-state index in [1.807, 2.05) is 6.07 Å². The van der Waals surface area contributed by atoms with Crippen LogP contribution in [0.25, 0.3) is 11.4 Å². The van der Waals surface area contributed by atoms with E-state index in [2.05, 4.69) is 30.6 Å². The number of pyridine rings is 2. The van der Waals surface area contributed by atoms with Gasteiger partial charge in [0.2, 0.25) is 0 Å². The van der Waals surface area contributed by atoms with Crippen LogP contribution in [-0.4, -0.2) is 33.0 Å². The predicted octanol–water partition coefficient (Wildman–Crippen LogP) is 4.44. The number of nitrogens with one attached hydrogen (secondary N) is 2. The van der Waals surface area contributed by atoms with E-state index >= 15 is 0 Å². The van der Waals surface area contributed by atoms with Crippen molar-refractivity contribution in [2.45, 2.75) is 13.1 Å². The average molecular weight is 409 g/mol. The van der Waals surface area contributed by atoms with Crippen molar-refractivity contribution in [2.75, 3.05) is 23.7 Å². The maximum atomic E-state index is 12.7. The van der Waals surface area contributed by atoms with Crippen molar-refractivity contribution >= 4 is 23.2 Å². The number of aryl methyl sites for hydroxylation is 1. The molecule has 146 valence electrons. The van der Waals surface area contributed by atoms with E-state index in [0.717, 1.165) is 11.6 Å². The van der Waals surface area contributed by atoms with Crippen LogP contribution in [0.1, 0.15) is 11.4 Å². The Labute approximate surface area is 164 Å². The van der Waals surface area contributed by atoms with Crippen LogP contribution >= 0.6 is 11.6 Å². The van der Waals surface area contributed by atoms with Gasteiger partial charge in [-0.05, 0) is 31.2 Å². The molecule has 2 N–H and O–H groups in total. The van der Waals surface area contributed by atoms with Crippen molar-refractivity contribution in [2.24, 2.45) is 0 Å². The Hall–Kier alpha value is -2.94. The summed E-state index contributed by atoms with van der Waals surface area (Å²) in [6.07, 6.45) is -1.18. The predicted molar refractivity (Wildman–Crippen MR) is 101 cm³/mol. The number of alkyl halides is 3. The first-order valence-electron chi connectivity index (χ1n) is 8.31. The molecular weight excluding hydrogens is 393 g/mol. The third-order valence-corrected chi connectivity index (χ3v) is 4.15. The molecule has 0 saturated carbocycles. The van der Waals surface area contributed by atoms with E-state index in [9.17, 15) is 13.2 Å². The Morgan fingerprint density at radius 3 is 2.50 bits per heavy atom. The Kier molecular flexibility index (Phi) is 5.93. The normalized spacial score (nSPS) is 11.3. The summed E-state index contributed by atoms with van der Waals surface area (Å²) in [5, 5.41) is 6.28. The molecule has 0 spiro atoms. The molecule has 0 unspecified atom stereocenters. The van der Waals surface area contributed by atoms with Crippen molar-refractivity contribution in [1.29, 1.82) is 0 Å². The molecule has 6 nitrogen and oxygen atoms in total. The van der Waals surface area contributed by atoms with Gasteiger partial charge in [0.1, 0.15) is 22.4 Å². The minimum atomic E-state index is -4.48. The quantitative estimate of drug-likeness (QED) is 0.587. The number of halogens is 4. The van der Waals surface area contributed by atoms with E-state index in [1.54, 1.807) is 25.4 Å². The molecule has 0 aliphatic rings. The van der Waals surface area contributed by atoms with Crippen molar-refractivity contribution in [3.8, 4) is 11.4 Å². The molecule has 28 heavy (non-hydrogen) atoms. The first kappa shape index (κ1) is 19.8. The van der Waals surface area contributed by atoms with Gasteiger partial charge in [0.15, 0.2) is 5.82 Å². The molecule has 0 saturated heterocycles. The maximum absolute atomic E-state index is 12.7. The summed E-state index contributed by atoms with van der Waals surface area (Å²) < 4.78 is 38.1. The fourth-order valence-electron chi connectivity index (χ4n) is 2.36. The summed E-state index contributed by atoms with van der Waals surface area (Å²) in [6, 6.07) is 7.31. The minimum Gasteiger partial charge on any atom is -0.368 e. The molecule has 3 rings (SSSR count). The lowest BCUT2D eigenvalue weighted by atomic mass is 10.2. The topological polar surface area (TPSA) is 75.6 Å². The van der Waals surface area contributed by atoms with Gasteiger partial charge in [-0.25, -0.2) is 15.0 Å². The summed E-state index contributed by atoms with van der Waals surface area (Å²) >= 11 is 6.26. The first-order valence-corrected chi connectivity index (χ1v) is 8.69. The molecule has 0 amide bonds. The Bertz CT molecular complexity index is 950. The van der Waals surface area contributed by atoms with Crippen LogP contribution in [0.4, 0.5) is 24.8 Å². The number of anilines is 2. The van der Waals surface area contributed by atoms with Crippen LogP contribution in [-0.2, 0) is 6.18 Å². The zero-order valence-corrected chi connectivity index (χ0v) is 15.5. The van der Waals surface area contributed by atoms with Gasteiger partial charge in [-0.15, -0.1) is 0 Å². The number of hydrogen-bond acceptors (Lipinski definition) is 6. The van der Waals surface area contributed by atoms with E-state index in [-0.39, 0.29) is 5.82 Å². The van der Waals surface area contributed by atoms with E-state index in [4.69, 9.17) is 11.6 Å². The molecule has 0 aliphatic carbocycles. The van der Waals surface area contributed by atoms with Gasteiger partial charge >= 0.3 is 6.18 Å². The largest absolute Gasteiger partial charge is 0.433 e. The zero-order chi connectivity index (χ0) is 20.1. The zero-order valence-electron chi connectivity index (χ0n) is 14.8. The first-order chi connectivity index (χ1) is 13.3. The average Bonchev–Trinajstić information content (AvgIpc) is 2.68. The van der Waals surface area contributed by atoms with Gasteiger partial charge < -0.3 is 10.6 Å². The molecule has 3 aromatic rings. The minimum absolute atomic E-state index is 0.137. The highest BCUT2D eigenvalue weighted by Gasteiger charge is 2.32. The molecule has 0 aliphatic heterocycles. The summed E-state index contributed by atoms with van der Waals surface area (Å²) in [6.45, 7) is 2.44. The van der Waals surface area contributed by atoms with Gasteiger partial charge in [-0.3, -0.25) is 4.98 Å². The second-order valence-corrected chi connectivity index (χ2v) is 6.17. The van der Waals surface area contributed by atoms with E-state index < -0.39 is 11.9 Å². The highest BCUT2D eigenvalue weighted by atomic mass is 35.5. The molecule has 0 fully saturated rings. The lowest BCUT2D eigenvalue weighted by Gasteiger charge is -2.12. The van der Waals surface area contributed by atoms with Crippen LogP contribution in [0.2, 0.25) is 5.02 Å². The molecule has 0 bridgehead atoms. The third-order valence-electron chi connectivity index (χ3n) is 3.70. The van der Waals surface area contributed by atoms with E-state index in [0.29, 0.717) is 35.4 Å². The molecule has 0 atom stereocenters. The van der Waals surface area contributed by atoms with Crippen molar-refractivity contribution in [3.05, 3.63) is 59.1 Å². The summed E-state index contributed by atoms with van der Waals surface area (Å²) in [7, 11) is 0. The Balaban J connectivity index is 1.64. The number of hydrogen-bond donors (Lipinski definition) is 2. The molecule has 10 heteroatoms. The van der Waals surface area contributed by atoms with Crippen LogP contribution in [0.3, 0.4) is 0 Å². The second-order valence-electron chi connectivity index (χ2n) is 5.80. The fourth-order valence-corrected chi connectivity index (χ4v) is 2.51.